The van der Waals surface area contributed by atoms with Crippen molar-refractivity contribution in [3.8, 4) is 0 Å². The van der Waals surface area contributed by atoms with Crippen molar-refractivity contribution in [1.29, 1.82) is 0 Å². The standard InChI is InChI=1S/C18H21ClN2O3/c1-12-4-2-7-15(12)21-17(23)11-16(22)20(18(21)24)9-8-13-5-3-6-14(19)10-13/h3,5-6,10,12,15H,2,4,7-9,11H2,1H3/t12-,15-/m0/s1. The maximum atomic E-state index is 12.8. The van der Waals surface area contributed by atoms with E-state index in [0.29, 0.717) is 17.4 Å². The quantitative estimate of drug-likeness (QED) is 0.785. The largest absolute Gasteiger partial charge is 0.333 e. The molecule has 0 bridgehead atoms. The van der Waals surface area contributed by atoms with Crippen molar-refractivity contribution in [1.82, 2.24) is 9.80 Å². The van der Waals surface area contributed by atoms with Crippen molar-refractivity contribution < 1.29 is 14.4 Å². The van der Waals surface area contributed by atoms with Gasteiger partial charge in [-0.3, -0.25) is 19.4 Å². The predicted octanol–water partition coefficient (Wildman–Crippen LogP) is 3.25. The Kier molecular flexibility index (Phi) is 4.90. The lowest BCUT2D eigenvalue weighted by molar-refractivity contribution is -0.144. The number of nitrogens with zero attached hydrogens (tertiary/aromatic N) is 2. The SMILES string of the molecule is C[C@H]1CCC[C@@H]1N1C(=O)CC(=O)N(CCc2cccc(Cl)c2)C1=O. The third-order valence-electron chi connectivity index (χ3n) is 4.97. The van der Waals surface area contributed by atoms with Crippen molar-refractivity contribution in [3.05, 3.63) is 34.9 Å². The van der Waals surface area contributed by atoms with Crippen LogP contribution >= 0.6 is 11.6 Å². The van der Waals surface area contributed by atoms with Crippen LogP contribution in [0, 0.1) is 5.92 Å². The van der Waals surface area contributed by atoms with Gasteiger partial charge < -0.3 is 0 Å². The molecule has 0 aromatic heterocycles. The summed E-state index contributed by atoms with van der Waals surface area (Å²) in [7, 11) is 0. The molecule has 128 valence electrons. The monoisotopic (exact) mass is 348 g/mol. The summed E-state index contributed by atoms with van der Waals surface area (Å²) in [5.41, 5.74) is 0.959. The summed E-state index contributed by atoms with van der Waals surface area (Å²) in [6.45, 7) is 2.33. The van der Waals surface area contributed by atoms with Crippen molar-refractivity contribution in [3.63, 3.8) is 0 Å². The van der Waals surface area contributed by atoms with Crippen LogP contribution in [-0.2, 0) is 16.0 Å². The zero-order valence-corrected chi connectivity index (χ0v) is 14.5. The minimum Gasteiger partial charge on any atom is -0.274 e. The van der Waals surface area contributed by atoms with E-state index >= 15 is 0 Å². The summed E-state index contributed by atoms with van der Waals surface area (Å²) in [6.07, 6.45) is 3.16. The number of carbonyl (C=O) groups excluding carboxylic acids is 3. The van der Waals surface area contributed by atoms with Gasteiger partial charge in [0.15, 0.2) is 0 Å². The molecule has 1 heterocycles. The zero-order chi connectivity index (χ0) is 17.3. The molecule has 1 aromatic rings. The first-order chi connectivity index (χ1) is 11.5. The highest BCUT2D eigenvalue weighted by molar-refractivity contribution is 6.30. The Bertz CT molecular complexity index is 676. The summed E-state index contributed by atoms with van der Waals surface area (Å²) in [6, 6.07) is 6.82. The molecular formula is C18H21ClN2O3. The molecule has 1 aliphatic carbocycles. The van der Waals surface area contributed by atoms with E-state index in [-0.39, 0.29) is 24.9 Å². The molecule has 2 atom stereocenters. The van der Waals surface area contributed by atoms with Gasteiger partial charge >= 0.3 is 6.03 Å². The number of imide groups is 2. The van der Waals surface area contributed by atoms with Gasteiger partial charge in [-0.15, -0.1) is 0 Å². The number of halogens is 1. The second kappa shape index (κ2) is 6.93. The number of amides is 4. The zero-order valence-electron chi connectivity index (χ0n) is 13.7. The lowest BCUT2D eigenvalue weighted by atomic mass is 10.0. The number of urea groups is 1. The van der Waals surface area contributed by atoms with Gasteiger partial charge in [0.25, 0.3) is 0 Å². The highest BCUT2D eigenvalue weighted by atomic mass is 35.5. The third kappa shape index (κ3) is 3.31. The maximum absolute atomic E-state index is 12.8. The van der Waals surface area contributed by atoms with Gasteiger partial charge in [-0.05, 0) is 42.9 Å². The Morgan fingerprint density at radius 2 is 1.96 bits per heavy atom. The molecule has 4 amide bonds. The molecule has 3 rings (SSSR count). The normalized spacial score (nSPS) is 24.8. The number of carbonyl (C=O) groups is 3. The van der Waals surface area contributed by atoms with E-state index in [1.54, 1.807) is 6.07 Å². The number of benzene rings is 1. The van der Waals surface area contributed by atoms with Crippen LogP contribution in [0.25, 0.3) is 0 Å². The molecule has 24 heavy (non-hydrogen) atoms. The van der Waals surface area contributed by atoms with Crippen LogP contribution in [0.15, 0.2) is 24.3 Å². The maximum Gasteiger partial charge on any atom is 0.333 e. The van der Waals surface area contributed by atoms with Crippen LogP contribution < -0.4 is 0 Å². The van der Waals surface area contributed by atoms with Crippen LogP contribution in [-0.4, -0.2) is 40.2 Å². The fourth-order valence-electron chi connectivity index (χ4n) is 3.64. The van der Waals surface area contributed by atoms with Crippen LogP contribution in [0.2, 0.25) is 5.02 Å². The van der Waals surface area contributed by atoms with Gasteiger partial charge in [-0.2, -0.15) is 0 Å². The molecule has 1 saturated heterocycles. The summed E-state index contributed by atoms with van der Waals surface area (Å²) in [5.74, 6) is -0.474. The molecule has 0 N–H and O–H groups in total. The molecule has 2 aliphatic rings. The van der Waals surface area contributed by atoms with Gasteiger partial charge in [0.1, 0.15) is 6.42 Å². The Morgan fingerprint density at radius 3 is 2.62 bits per heavy atom. The van der Waals surface area contributed by atoms with E-state index in [4.69, 9.17) is 11.6 Å². The summed E-state index contributed by atoms with van der Waals surface area (Å²) in [4.78, 5) is 39.7. The fraction of sp³-hybridized carbons (Fsp3) is 0.500. The van der Waals surface area contributed by atoms with Gasteiger partial charge in [0.05, 0.1) is 0 Å². The van der Waals surface area contributed by atoms with Crippen LogP contribution in [0.4, 0.5) is 4.79 Å². The smallest absolute Gasteiger partial charge is 0.274 e. The number of hydrogen-bond acceptors (Lipinski definition) is 3. The first-order valence-electron chi connectivity index (χ1n) is 8.38. The van der Waals surface area contributed by atoms with Gasteiger partial charge in [0.2, 0.25) is 11.8 Å². The average Bonchev–Trinajstić information content (AvgIpc) is 2.93. The lowest BCUT2D eigenvalue weighted by Gasteiger charge is -2.37. The van der Waals surface area contributed by atoms with E-state index in [0.717, 1.165) is 24.8 Å². The number of barbiturate groups is 1. The van der Waals surface area contributed by atoms with Crippen molar-refractivity contribution in [2.24, 2.45) is 5.92 Å². The Balaban J connectivity index is 1.73. The summed E-state index contributed by atoms with van der Waals surface area (Å²) in [5, 5.41) is 0.625. The molecular weight excluding hydrogens is 328 g/mol. The highest BCUT2D eigenvalue weighted by Crippen LogP contribution is 2.32. The Hall–Kier alpha value is -1.88. The van der Waals surface area contributed by atoms with E-state index in [1.165, 1.54) is 9.80 Å². The van der Waals surface area contributed by atoms with Crippen molar-refractivity contribution in [2.45, 2.75) is 45.1 Å². The number of rotatable bonds is 4. The molecule has 0 spiro atoms. The molecule has 0 unspecified atom stereocenters. The molecule has 1 aromatic carbocycles. The minimum atomic E-state index is -0.461. The van der Waals surface area contributed by atoms with Gasteiger partial charge in [-0.1, -0.05) is 37.1 Å². The second-order valence-corrected chi connectivity index (χ2v) is 7.06. The second-order valence-electron chi connectivity index (χ2n) is 6.62. The molecule has 1 aliphatic heterocycles. The Morgan fingerprint density at radius 1 is 1.17 bits per heavy atom. The average molecular weight is 349 g/mol. The van der Waals surface area contributed by atoms with Gasteiger partial charge in [0, 0.05) is 17.6 Å². The first-order valence-corrected chi connectivity index (χ1v) is 8.76. The predicted molar refractivity (Wildman–Crippen MR) is 90.5 cm³/mol. The van der Waals surface area contributed by atoms with E-state index < -0.39 is 11.9 Å². The first kappa shape index (κ1) is 17.0. The van der Waals surface area contributed by atoms with Crippen LogP contribution in [0.1, 0.15) is 38.2 Å². The van der Waals surface area contributed by atoms with Crippen LogP contribution in [0.5, 0.6) is 0 Å². The highest BCUT2D eigenvalue weighted by Gasteiger charge is 2.43. The molecule has 5 nitrogen and oxygen atoms in total. The molecule has 0 radical (unpaired) electrons. The van der Waals surface area contributed by atoms with Gasteiger partial charge in [-0.25, -0.2) is 4.79 Å². The van der Waals surface area contributed by atoms with E-state index in [2.05, 4.69) is 6.92 Å². The van der Waals surface area contributed by atoms with Crippen molar-refractivity contribution in [2.75, 3.05) is 6.54 Å². The molecule has 2 fully saturated rings. The fourth-order valence-corrected chi connectivity index (χ4v) is 3.86. The third-order valence-corrected chi connectivity index (χ3v) is 5.21. The topological polar surface area (TPSA) is 57.7 Å². The Labute approximate surface area is 146 Å². The van der Waals surface area contributed by atoms with E-state index in [9.17, 15) is 14.4 Å². The van der Waals surface area contributed by atoms with E-state index in [1.807, 2.05) is 18.2 Å². The lowest BCUT2D eigenvalue weighted by Crippen LogP contribution is -2.59. The number of hydrogen-bond donors (Lipinski definition) is 0. The molecule has 6 heteroatoms. The van der Waals surface area contributed by atoms with Crippen molar-refractivity contribution >= 4 is 29.4 Å². The summed E-state index contributed by atoms with van der Waals surface area (Å²) >= 11 is 5.97. The van der Waals surface area contributed by atoms with Crippen LogP contribution in [0.3, 0.4) is 0 Å². The molecule has 1 saturated carbocycles. The minimum absolute atomic E-state index is 0.0771. The summed E-state index contributed by atoms with van der Waals surface area (Å²) < 4.78 is 0.